The van der Waals surface area contributed by atoms with Gasteiger partial charge in [0, 0.05) is 30.1 Å². The van der Waals surface area contributed by atoms with E-state index in [0.717, 1.165) is 6.54 Å². The standard InChI is InChI=1S/C16H34N2S/c1-6-16(7-2,13-17-8-3)14-18-10-9-15(4,5)19-12-11-18/h17H,6-14H2,1-5H3. The summed E-state index contributed by atoms with van der Waals surface area (Å²) in [4.78, 5) is 2.71. The zero-order valence-electron chi connectivity index (χ0n) is 13.7. The fraction of sp³-hybridized carbons (Fsp3) is 1.00. The first-order valence-electron chi connectivity index (χ1n) is 8.04. The molecule has 0 atom stereocenters. The molecule has 0 aromatic heterocycles. The van der Waals surface area contributed by atoms with Gasteiger partial charge in [0.25, 0.3) is 0 Å². The molecule has 0 bridgehead atoms. The summed E-state index contributed by atoms with van der Waals surface area (Å²) in [6.07, 6.45) is 3.88. The Morgan fingerprint density at radius 3 is 2.42 bits per heavy atom. The summed E-state index contributed by atoms with van der Waals surface area (Å²) in [5.41, 5.74) is 0.467. The quantitative estimate of drug-likeness (QED) is 0.769. The summed E-state index contributed by atoms with van der Waals surface area (Å²) in [5.74, 6) is 1.29. The van der Waals surface area contributed by atoms with Gasteiger partial charge in [-0.25, -0.2) is 0 Å². The predicted molar refractivity (Wildman–Crippen MR) is 89.2 cm³/mol. The number of hydrogen-bond acceptors (Lipinski definition) is 3. The largest absolute Gasteiger partial charge is 0.316 e. The second kappa shape index (κ2) is 7.90. The van der Waals surface area contributed by atoms with Crippen LogP contribution >= 0.6 is 11.8 Å². The maximum absolute atomic E-state index is 3.58. The van der Waals surface area contributed by atoms with Crippen LogP contribution in [0.25, 0.3) is 0 Å². The summed E-state index contributed by atoms with van der Waals surface area (Å²) in [5, 5.41) is 3.58. The van der Waals surface area contributed by atoms with Gasteiger partial charge in [-0.15, -0.1) is 0 Å². The third kappa shape index (κ3) is 5.65. The molecule has 114 valence electrons. The summed E-state index contributed by atoms with van der Waals surface area (Å²) in [6, 6.07) is 0. The van der Waals surface area contributed by atoms with Crippen molar-refractivity contribution >= 4 is 11.8 Å². The highest BCUT2D eigenvalue weighted by molar-refractivity contribution is 8.00. The molecule has 2 nitrogen and oxygen atoms in total. The van der Waals surface area contributed by atoms with Crippen LogP contribution in [0.5, 0.6) is 0 Å². The van der Waals surface area contributed by atoms with Crippen molar-refractivity contribution in [2.24, 2.45) is 5.41 Å². The molecule has 0 saturated carbocycles. The lowest BCUT2D eigenvalue weighted by atomic mass is 9.81. The van der Waals surface area contributed by atoms with Crippen molar-refractivity contribution in [3.8, 4) is 0 Å². The predicted octanol–water partition coefficient (Wildman–Crippen LogP) is 3.62. The van der Waals surface area contributed by atoms with E-state index in [1.807, 2.05) is 0 Å². The molecule has 0 aliphatic carbocycles. The molecule has 1 heterocycles. The van der Waals surface area contributed by atoms with E-state index in [2.05, 4.69) is 56.6 Å². The van der Waals surface area contributed by atoms with Gasteiger partial charge in [0.2, 0.25) is 0 Å². The van der Waals surface area contributed by atoms with Gasteiger partial charge in [0.15, 0.2) is 0 Å². The van der Waals surface area contributed by atoms with Crippen LogP contribution in [0.1, 0.15) is 53.9 Å². The molecule has 3 heteroatoms. The summed E-state index contributed by atoms with van der Waals surface area (Å²) >= 11 is 2.15. The molecule has 1 aliphatic rings. The fourth-order valence-electron chi connectivity index (χ4n) is 2.86. The van der Waals surface area contributed by atoms with Gasteiger partial charge in [-0.3, -0.25) is 0 Å². The second-order valence-corrected chi connectivity index (χ2v) is 8.42. The lowest BCUT2D eigenvalue weighted by Gasteiger charge is -2.37. The van der Waals surface area contributed by atoms with Crippen molar-refractivity contribution in [1.82, 2.24) is 10.2 Å². The minimum atomic E-state index is 0.467. The van der Waals surface area contributed by atoms with Gasteiger partial charge >= 0.3 is 0 Å². The molecule has 0 amide bonds. The Morgan fingerprint density at radius 2 is 1.84 bits per heavy atom. The number of nitrogens with zero attached hydrogens (tertiary/aromatic N) is 1. The number of nitrogens with one attached hydrogen (secondary N) is 1. The zero-order chi connectivity index (χ0) is 14.4. The van der Waals surface area contributed by atoms with E-state index in [1.165, 1.54) is 51.2 Å². The lowest BCUT2D eigenvalue weighted by Crippen LogP contribution is -2.44. The highest BCUT2D eigenvalue weighted by Crippen LogP contribution is 2.33. The molecule has 1 N–H and O–H groups in total. The van der Waals surface area contributed by atoms with Gasteiger partial charge in [-0.05, 0) is 37.8 Å². The first-order valence-corrected chi connectivity index (χ1v) is 9.02. The van der Waals surface area contributed by atoms with Gasteiger partial charge in [-0.1, -0.05) is 34.6 Å². The Hall–Kier alpha value is 0.270. The Labute approximate surface area is 125 Å². The zero-order valence-corrected chi connectivity index (χ0v) is 14.5. The van der Waals surface area contributed by atoms with Crippen LogP contribution in [0, 0.1) is 5.41 Å². The Bertz CT molecular complexity index is 249. The number of thioether (sulfide) groups is 1. The normalized spacial score (nSPS) is 21.3. The average molecular weight is 287 g/mol. The average Bonchev–Trinajstić information content (AvgIpc) is 2.56. The van der Waals surface area contributed by atoms with Crippen molar-refractivity contribution in [3.05, 3.63) is 0 Å². The first kappa shape index (κ1) is 17.3. The Balaban J connectivity index is 2.58. The van der Waals surface area contributed by atoms with Crippen LogP contribution in [0.15, 0.2) is 0 Å². The minimum Gasteiger partial charge on any atom is -0.316 e. The fourth-order valence-corrected chi connectivity index (χ4v) is 4.00. The molecule has 0 aromatic rings. The van der Waals surface area contributed by atoms with Crippen molar-refractivity contribution in [3.63, 3.8) is 0 Å². The highest BCUT2D eigenvalue weighted by Gasteiger charge is 2.31. The van der Waals surface area contributed by atoms with Crippen LogP contribution in [-0.4, -0.2) is 48.1 Å². The van der Waals surface area contributed by atoms with Gasteiger partial charge in [-0.2, -0.15) is 11.8 Å². The van der Waals surface area contributed by atoms with Crippen LogP contribution in [0.2, 0.25) is 0 Å². The maximum Gasteiger partial charge on any atom is 0.0116 e. The monoisotopic (exact) mass is 286 g/mol. The number of rotatable bonds is 7. The summed E-state index contributed by atoms with van der Waals surface area (Å²) < 4.78 is 0.470. The highest BCUT2D eigenvalue weighted by atomic mass is 32.2. The topological polar surface area (TPSA) is 15.3 Å². The Morgan fingerprint density at radius 1 is 1.16 bits per heavy atom. The summed E-state index contributed by atoms with van der Waals surface area (Å²) in [7, 11) is 0. The lowest BCUT2D eigenvalue weighted by molar-refractivity contribution is 0.139. The van der Waals surface area contributed by atoms with E-state index in [-0.39, 0.29) is 0 Å². The van der Waals surface area contributed by atoms with E-state index in [9.17, 15) is 0 Å². The van der Waals surface area contributed by atoms with Crippen molar-refractivity contribution in [2.75, 3.05) is 38.5 Å². The van der Waals surface area contributed by atoms with E-state index in [4.69, 9.17) is 0 Å². The van der Waals surface area contributed by atoms with Crippen LogP contribution in [-0.2, 0) is 0 Å². The van der Waals surface area contributed by atoms with Crippen LogP contribution in [0.4, 0.5) is 0 Å². The molecule has 1 fully saturated rings. The van der Waals surface area contributed by atoms with E-state index in [0.29, 0.717) is 10.2 Å². The van der Waals surface area contributed by atoms with Gasteiger partial charge < -0.3 is 10.2 Å². The van der Waals surface area contributed by atoms with E-state index < -0.39 is 0 Å². The van der Waals surface area contributed by atoms with Crippen molar-refractivity contribution in [1.29, 1.82) is 0 Å². The van der Waals surface area contributed by atoms with E-state index >= 15 is 0 Å². The second-order valence-electron chi connectivity index (χ2n) is 6.62. The molecule has 1 aliphatic heterocycles. The van der Waals surface area contributed by atoms with Crippen LogP contribution < -0.4 is 5.32 Å². The molecule has 0 spiro atoms. The third-order valence-corrected chi connectivity index (χ3v) is 6.11. The van der Waals surface area contributed by atoms with Gasteiger partial charge in [0.05, 0.1) is 0 Å². The molecule has 0 unspecified atom stereocenters. The third-order valence-electron chi connectivity index (χ3n) is 4.74. The summed E-state index contributed by atoms with van der Waals surface area (Å²) in [6.45, 7) is 17.8. The minimum absolute atomic E-state index is 0.467. The molecule has 19 heavy (non-hydrogen) atoms. The van der Waals surface area contributed by atoms with Crippen molar-refractivity contribution in [2.45, 2.75) is 58.6 Å². The smallest absolute Gasteiger partial charge is 0.0116 e. The van der Waals surface area contributed by atoms with Crippen molar-refractivity contribution < 1.29 is 0 Å². The molecule has 0 aromatic carbocycles. The molecule has 1 rings (SSSR count). The SMILES string of the molecule is CCNCC(CC)(CC)CN1CCSC(C)(C)CC1. The maximum atomic E-state index is 3.58. The Kier molecular flexibility index (Phi) is 7.20. The van der Waals surface area contributed by atoms with Crippen LogP contribution in [0.3, 0.4) is 0 Å². The van der Waals surface area contributed by atoms with Gasteiger partial charge in [0.1, 0.15) is 0 Å². The number of hydrogen-bond donors (Lipinski definition) is 1. The van der Waals surface area contributed by atoms with E-state index in [1.54, 1.807) is 0 Å². The first-order chi connectivity index (χ1) is 8.97. The molecular formula is C16H34N2S. The molecular weight excluding hydrogens is 252 g/mol. The molecule has 1 saturated heterocycles. The molecule has 0 radical (unpaired) electrons.